The first-order valence-corrected chi connectivity index (χ1v) is 2.68. The molecule has 0 saturated heterocycles. The Balaban J connectivity index is 0. The van der Waals surface area contributed by atoms with Crippen LogP contribution in [0.4, 0.5) is 4.39 Å². The third kappa shape index (κ3) is 3.26. The molecule has 3 heteroatoms. The van der Waals surface area contributed by atoms with E-state index in [4.69, 9.17) is 0 Å². The first kappa shape index (κ1) is 9.50. The fraction of sp³-hybridized carbons (Fsp3) is 0. The molecule has 0 spiro atoms. The summed E-state index contributed by atoms with van der Waals surface area (Å²) in [6.07, 6.45) is 0. The van der Waals surface area contributed by atoms with Crippen LogP contribution < -0.4 is 29.6 Å². The van der Waals surface area contributed by atoms with Gasteiger partial charge in [0.25, 0.3) is 0 Å². The SMILES string of the molecule is Fc1ccc(S)cc1.[H-].[Na+]. The zero-order chi connectivity index (χ0) is 5.98. The molecule has 1 aromatic carbocycles. The van der Waals surface area contributed by atoms with Crippen LogP contribution in [-0.2, 0) is 0 Å². The summed E-state index contributed by atoms with van der Waals surface area (Å²) in [6, 6.07) is 5.97. The van der Waals surface area contributed by atoms with Gasteiger partial charge in [-0.1, -0.05) is 0 Å². The topological polar surface area (TPSA) is 0 Å². The molecule has 0 fully saturated rings. The van der Waals surface area contributed by atoms with Gasteiger partial charge in [-0.15, -0.1) is 12.6 Å². The van der Waals surface area contributed by atoms with Gasteiger partial charge in [0.1, 0.15) is 5.82 Å². The van der Waals surface area contributed by atoms with E-state index in [1.54, 1.807) is 12.1 Å². The Bertz CT molecular complexity index is 157. The van der Waals surface area contributed by atoms with E-state index in [0.29, 0.717) is 0 Å². The van der Waals surface area contributed by atoms with Gasteiger partial charge in [-0.05, 0) is 24.3 Å². The van der Waals surface area contributed by atoms with Crippen LogP contribution in [0.5, 0.6) is 0 Å². The van der Waals surface area contributed by atoms with Crippen molar-refractivity contribution in [2.45, 2.75) is 4.90 Å². The van der Waals surface area contributed by atoms with Crippen molar-refractivity contribution in [1.29, 1.82) is 0 Å². The second-order valence-electron chi connectivity index (χ2n) is 1.48. The summed E-state index contributed by atoms with van der Waals surface area (Å²) in [4.78, 5) is 0.784. The normalized spacial score (nSPS) is 8.22. The molecule has 1 rings (SSSR count). The standard InChI is InChI=1S/C6H5FS.Na.H/c7-5-1-3-6(8)4-2-5;;/h1-4,8H;;/q;+1;-1. The molecule has 0 atom stereocenters. The Labute approximate surface area is 82.7 Å². The third-order valence-electron chi connectivity index (χ3n) is 0.827. The summed E-state index contributed by atoms with van der Waals surface area (Å²) >= 11 is 3.97. The van der Waals surface area contributed by atoms with Gasteiger partial charge in [0.15, 0.2) is 0 Å². The maximum Gasteiger partial charge on any atom is 1.00 e. The molecule has 0 nitrogen and oxygen atoms in total. The molecule has 1 aromatic rings. The second-order valence-corrected chi connectivity index (χ2v) is 1.99. The molecule has 9 heavy (non-hydrogen) atoms. The van der Waals surface area contributed by atoms with Crippen molar-refractivity contribution in [1.82, 2.24) is 0 Å². The van der Waals surface area contributed by atoms with Crippen molar-refractivity contribution in [3.63, 3.8) is 0 Å². The molecular formula is C6H6FNaS. The molecule has 0 bridgehead atoms. The zero-order valence-corrected chi connectivity index (χ0v) is 8.03. The smallest absolute Gasteiger partial charge is 1.00 e. The summed E-state index contributed by atoms with van der Waals surface area (Å²) in [7, 11) is 0. The Morgan fingerprint density at radius 1 is 1.22 bits per heavy atom. The quantitative estimate of drug-likeness (QED) is 0.366. The van der Waals surface area contributed by atoms with E-state index in [-0.39, 0.29) is 36.8 Å². The first-order chi connectivity index (χ1) is 3.79. The molecule has 0 heterocycles. The molecule has 44 valence electrons. The van der Waals surface area contributed by atoms with E-state index in [2.05, 4.69) is 12.6 Å². The van der Waals surface area contributed by atoms with Crippen molar-refractivity contribution >= 4 is 12.6 Å². The summed E-state index contributed by atoms with van der Waals surface area (Å²) in [5, 5.41) is 0. The van der Waals surface area contributed by atoms with Gasteiger partial charge in [-0.25, -0.2) is 4.39 Å². The predicted molar refractivity (Wildman–Crippen MR) is 34.8 cm³/mol. The Morgan fingerprint density at radius 2 is 1.67 bits per heavy atom. The monoisotopic (exact) mass is 152 g/mol. The van der Waals surface area contributed by atoms with E-state index < -0.39 is 0 Å². The van der Waals surface area contributed by atoms with Gasteiger partial charge in [0.05, 0.1) is 0 Å². The van der Waals surface area contributed by atoms with Gasteiger partial charge in [-0.2, -0.15) is 0 Å². The van der Waals surface area contributed by atoms with E-state index in [0.717, 1.165) is 4.90 Å². The van der Waals surface area contributed by atoms with E-state index >= 15 is 0 Å². The summed E-state index contributed by atoms with van der Waals surface area (Å²) in [6.45, 7) is 0. The minimum atomic E-state index is -0.220. The predicted octanol–water partition coefficient (Wildman–Crippen LogP) is -0.769. The molecule has 0 aliphatic heterocycles. The van der Waals surface area contributed by atoms with Gasteiger partial charge in [0.2, 0.25) is 0 Å². The molecule has 0 unspecified atom stereocenters. The van der Waals surface area contributed by atoms with Crippen LogP contribution in [0.2, 0.25) is 0 Å². The molecule has 0 radical (unpaired) electrons. The number of hydrogen-bond acceptors (Lipinski definition) is 1. The number of hydrogen-bond donors (Lipinski definition) is 1. The van der Waals surface area contributed by atoms with Gasteiger partial charge >= 0.3 is 29.6 Å². The van der Waals surface area contributed by atoms with Crippen LogP contribution in [0, 0.1) is 5.82 Å². The fourth-order valence-corrected chi connectivity index (χ4v) is 0.590. The largest absolute Gasteiger partial charge is 1.00 e. The van der Waals surface area contributed by atoms with Crippen LogP contribution in [0.3, 0.4) is 0 Å². The molecule has 0 aromatic heterocycles. The maximum absolute atomic E-state index is 12.1. The van der Waals surface area contributed by atoms with Crippen molar-refractivity contribution in [3.8, 4) is 0 Å². The van der Waals surface area contributed by atoms with Crippen molar-refractivity contribution in [2.24, 2.45) is 0 Å². The van der Waals surface area contributed by atoms with E-state index in [9.17, 15) is 4.39 Å². The summed E-state index contributed by atoms with van der Waals surface area (Å²) < 4.78 is 12.1. The van der Waals surface area contributed by atoms with Crippen LogP contribution in [-0.4, -0.2) is 0 Å². The van der Waals surface area contributed by atoms with Crippen LogP contribution in [0.15, 0.2) is 29.2 Å². The van der Waals surface area contributed by atoms with Gasteiger partial charge in [0, 0.05) is 4.90 Å². The van der Waals surface area contributed by atoms with Crippen molar-refractivity contribution in [2.75, 3.05) is 0 Å². The van der Waals surface area contributed by atoms with Crippen LogP contribution in [0.1, 0.15) is 1.43 Å². The maximum atomic E-state index is 12.1. The minimum Gasteiger partial charge on any atom is -1.00 e. The molecule has 0 N–H and O–H groups in total. The van der Waals surface area contributed by atoms with Gasteiger partial charge in [-0.3, -0.25) is 0 Å². The first-order valence-electron chi connectivity index (χ1n) is 2.23. The molecule has 0 amide bonds. The number of rotatable bonds is 0. The average molecular weight is 152 g/mol. The summed E-state index contributed by atoms with van der Waals surface area (Å²) in [5.74, 6) is -0.220. The minimum absolute atomic E-state index is 0. The number of benzene rings is 1. The zero-order valence-electron chi connectivity index (χ0n) is 6.13. The number of thiol groups is 1. The molecular weight excluding hydrogens is 146 g/mol. The average Bonchev–Trinajstić information content (AvgIpc) is 1.77. The Morgan fingerprint density at radius 3 is 2.00 bits per heavy atom. The fourth-order valence-electron chi connectivity index (χ4n) is 0.441. The van der Waals surface area contributed by atoms with Crippen molar-refractivity contribution < 1.29 is 35.4 Å². The molecule has 0 saturated carbocycles. The van der Waals surface area contributed by atoms with E-state index in [1.807, 2.05) is 0 Å². The van der Waals surface area contributed by atoms with E-state index in [1.165, 1.54) is 12.1 Å². The Kier molecular flexibility index (Phi) is 4.58. The molecule has 0 aliphatic carbocycles. The van der Waals surface area contributed by atoms with Crippen molar-refractivity contribution in [3.05, 3.63) is 30.1 Å². The molecule has 0 aliphatic rings. The van der Waals surface area contributed by atoms with Crippen LogP contribution >= 0.6 is 12.6 Å². The van der Waals surface area contributed by atoms with Crippen LogP contribution in [0.25, 0.3) is 0 Å². The Hall–Kier alpha value is 0.500. The number of halogens is 1. The third-order valence-corrected chi connectivity index (χ3v) is 1.12. The van der Waals surface area contributed by atoms with Gasteiger partial charge < -0.3 is 1.43 Å². The summed E-state index contributed by atoms with van der Waals surface area (Å²) in [5.41, 5.74) is 0. The second kappa shape index (κ2) is 4.34.